The minimum Gasteiger partial charge on any atom is -0.491 e. The van der Waals surface area contributed by atoms with E-state index in [4.69, 9.17) is 14.2 Å². The summed E-state index contributed by atoms with van der Waals surface area (Å²) in [6, 6.07) is 14.9. The van der Waals surface area contributed by atoms with Crippen LogP contribution in [0.25, 0.3) is 10.2 Å². The van der Waals surface area contributed by atoms with Crippen LogP contribution in [0.2, 0.25) is 0 Å². The SMILES string of the molecule is O=C(OCc1nc2ccccc2s1)c1ccc(OC[C@@H]2CCCO2)cc1. The second-order valence-corrected chi connectivity index (χ2v) is 7.24. The van der Waals surface area contributed by atoms with E-state index in [1.165, 1.54) is 11.3 Å². The van der Waals surface area contributed by atoms with Crippen molar-refractivity contribution in [2.45, 2.75) is 25.6 Å². The Morgan fingerprint density at radius 3 is 2.81 bits per heavy atom. The fraction of sp³-hybridized carbons (Fsp3) is 0.300. The first-order valence-corrected chi connectivity index (χ1v) is 9.45. The molecular weight excluding hydrogens is 350 g/mol. The molecule has 3 aromatic rings. The first-order chi connectivity index (χ1) is 12.8. The molecule has 0 amide bonds. The summed E-state index contributed by atoms with van der Waals surface area (Å²) in [6.45, 7) is 1.53. The van der Waals surface area contributed by atoms with Crippen molar-refractivity contribution in [3.05, 3.63) is 59.1 Å². The molecule has 5 nitrogen and oxygen atoms in total. The van der Waals surface area contributed by atoms with Crippen LogP contribution in [0.4, 0.5) is 0 Å². The van der Waals surface area contributed by atoms with Gasteiger partial charge in [0.2, 0.25) is 0 Å². The summed E-state index contributed by atoms with van der Waals surface area (Å²) < 4.78 is 17.7. The lowest BCUT2D eigenvalue weighted by Crippen LogP contribution is -2.16. The Kier molecular flexibility index (Phi) is 5.13. The molecule has 2 heterocycles. The average molecular weight is 369 g/mol. The Balaban J connectivity index is 1.31. The first kappa shape index (κ1) is 17.0. The summed E-state index contributed by atoms with van der Waals surface area (Å²) in [6.07, 6.45) is 2.30. The Bertz CT molecular complexity index is 851. The van der Waals surface area contributed by atoms with Crippen LogP contribution in [-0.2, 0) is 16.1 Å². The zero-order valence-corrected chi connectivity index (χ0v) is 15.0. The van der Waals surface area contributed by atoms with E-state index in [1.807, 2.05) is 24.3 Å². The molecule has 1 aromatic heterocycles. The topological polar surface area (TPSA) is 57.7 Å². The number of aromatic nitrogens is 1. The summed E-state index contributed by atoms with van der Waals surface area (Å²) in [5, 5.41) is 0.788. The normalized spacial score (nSPS) is 16.7. The second-order valence-electron chi connectivity index (χ2n) is 6.12. The van der Waals surface area contributed by atoms with Crippen molar-refractivity contribution in [1.29, 1.82) is 0 Å². The monoisotopic (exact) mass is 369 g/mol. The number of benzene rings is 2. The van der Waals surface area contributed by atoms with Crippen molar-refractivity contribution in [1.82, 2.24) is 4.98 Å². The van der Waals surface area contributed by atoms with Gasteiger partial charge in [0, 0.05) is 6.61 Å². The molecule has 134 valence electrons. The van der Waals surface area contributed by atoms with Crippen molar-refractivity contribution in [3.8, 4) is 5.75 Å². The molecule has 26 heavy (non-hydrogen) atoms. The van der Waals surface area contributed by atoms with E-state index in [9.17, 15) is 4.79 Å². The maximum absolute atomic E-state index is 12.2. The molecule has 0 unspecified atom stereocenters. The highest BCUT2D eigenvalue weighted by Gasteiger charge is 2.16. The lowest BCUT2D eigenvalue weighted by atomic mass is 10.2. The Labute approximate surface area is 155 Å². The number of rotatable bonds is 6. The molecule has 1 atom stereocenters. The summed E-state index contributed by atoms with van der Waals surface area (Å²) in [4.78, 5) is 16.7. The Hall–Kier alpha value is -2.44. The van der Waals surface area contributed by atoms with E-state index >= 15 is 0 Å². The predicted molar refractivity (Wildman–Crippen MR) is 99.7 cm³/mol. The lowest BCUT2D eigenvalue weighted by molar-refractivity contribution is 0.0472. The van der Waals surface area contributed by atoms with Gasteiger partial charge in [0.05, 0.1) is 21.9 Å². The number of hydrogen-bond acceptors (Lipinski definition) is 6. The van der Waals surface area contributed by atoms with Crippen LogP contribution in [0, 0.1) is 0 Å². The number of fused-ring (bicyclic) bond motifs is 1. The van der Waals surface area contributed by atoms with Gasteiger partial charge in [0.25, 0.3) is 0 Å². The predicted octanol–water partition coefficient (Wildman–Crippen LogP) is 4.21. The van der Waals surface area contributed by atoms with Crippen LogP contribution in [0.15, 0.2) is 48.5 Å². The van der Waals surface area contributed by atoms with E-state index < -0.39 is 0 Å². The van der Waals surface area contributed by atoms with Gasteiger partial charge >= 0.3 is 5.97 Å². The van der Waals surface area contributed by atoms with E-state index in [2.05, 4.69) is 4.98 Å². The third-order valence-electron chi connectivity index (χ3n) is 4.21. The van der Waals surface area contributed by atoms with Gasteiger partial charge in [-0.2, -0.15) is 0 Å². The number of hydrogen-bond donors (Lipinski definition) is 0. The van der Waals surface area contributed by atoms with Crippen molar-refractivity contribution in [3.63, 3.8) is 0 Å². The molecule has 0 saturated carbocycles. The Morgan fingerprint density at radius 2 is 2.04 bits per heavy atom. The van der Waals surface area contributed by atoms with Crippen LogP contribution < -0.4 is 4.74 Å². The molecule has 0 aliphatic carbocycles. The number of para-hydroxylation sites is 1. The van der Waals surface area contributed by atoms with Gasteiger partial charge in [0.1, 0.15) is 24.0 Å². The number of ether oxygens (including phenoxy) is 3. The zero-order valence-electron chi connectivity index (χ0n) is 14.2. The van der Waals surface area contributed by atoms with Gasteiger partial charge in [-0.05, 0) is 49.2 Å². The molecule has 1 aliphatic heterocycles. The first-order valence-electron chi connectivity index (χ1n) is 8.64. The molecule has 0 N–H and O–H groups in total. The van der Waals surface area contributed by atoms with Gasteiger partial charge < -0.3 is 14.2 Å². The van der Waals surface area contributed by atoms with E-state index in [0.29, 0.717) is 12.2 Å². The zero-order chi connectivity index (χ0) is 17.8. The van der Waals surface area contributed by atoms with Crippen molar-refractivity contribution in [2.24, 2.45) is 0 Å². The molecule has 1 fully saturated rings. The highest BCUT2D eigenvalue weighted by atomic mass is 32.1. The second kappa shape index (κ2) is 7.85. The number of carbonyl (C=O) groups excluding carboxylic acids is 1. The molecular formula is C20H19NO4S. The molecule has 6 heteroatoms. The lowest BCUT2D eigenvalue weighted by Gasteiger charge is -2.11. The molecule has 1 saturated heterocycles. The maximum Gasteiger partial charge on any atom is 0.338 e. The molecule has 0 radical (unpaired) electrons. The van der Waals surface area contributed by atoms with Crippen LogP contribution in [0.5, 0.6) is 5.75 Å². The minimum absolute atomic E-state index is 0.174. The standard InChI is InChI=1S/C20H19NO4S/c22-20(25-13-19-21-17-5-1-2-6-18(17)26-19)14-7-9-15(10-8-14)24-12-16-4-3-11-23-16/h1-2,5-10,16H,3-4,11-13H2/t16-/m0/s1. The molecule has 0 bridgehead atoms. The van der Waals surface area contributed by atoms with Crippen LogP contribution in [0.3, 0.4) is 0 Å². The quantitative estimate of drug-likeness (QED) is 0.609. The maximum atomic E-state index is 12.2. The van der Waals surface area contributed by atoms with Crippen molar-refractivity contribution >= 4 is 27.5 Å². The summed E-state index contributed by atoms with van der Waals surface area (Å²) in [5.74, 6) is 0.359. The van der Waals surface area contributed by atoms with Gasteiger partial charge in [-0.15, -0.1) is 11.3 Å². The summed E-state index contributed by atoms with van der Waals surface area (Å²) in [5.41, 5.74) is 1.42. The van der Waals surface area contributed by atoms with Gasteiger partial charge in [-0.3, -0.25) is 0 Å². The fourth-order valence-corrected chi connectivity index (χ4v) is 3.73. The summed E-state index contributed by atoms with van der Waals surface area (Å²) in [7, 11) is 0. The number of nitrogens with zero attached hydrogens (tertiary/aromatic N) is 1. The van der Waals surface area contributed by atoms with Gasteiger partial charge in [0.15, 0.2) is 0 Å². The van der Waals surface area contributed by atoms with Gasteiger partial charge in [-0.1, -0.05) is 12.1 Å². The van der Waals surface area contributed by atoms with E-state index in [-0.39, 0.29) is 18.7 Å². The number of esters is 1. The van der Waals surface area contributed by atoms with Gasteiger partial charge in [-0.25, -0.2) is 9.78 Å². The van der Waals surface area contributed by atoms with Crippen LogP contribution in [0.1, 0.15) is 28.2 Å². The average Bonchev–Trinajstić information content (AvgIpc) is 3.34. The van der Waals surface area contributed by atoms with Crippen LogP contribution in [-0.4, -0.2) is 30.3 Å². The largest absolute Gasteiger partial charge is 0.491 e. The third-order valence-corrected chi connectivity index (χ3v) is 5.22. The number of thiazole rings is 1. The summed E-state index contributed by atoms with van der Waals surface area (Å²) >= 11 is 1.54. The van der Waals surface area contributed by atoms with Crippen molar-refractivity contribution < 1.29 is 19.0 Å². The highest BCUT2D eigenvalue weighted by Crippen LogP contribution is 2.22. The fourth-order valence-electron chi connectivity index (χ4n) is 2.84. The Morgan fingerprint density at radius 1 is 1.19 bits per heavy atom. The van der Waals surface area contributed by atoms with Crippen molar-refractivity contribution in [2.75, 3.05) is 13.2 Å². The third kappa shape index (κ3) is 4.03. The van der Waals surface area contributed by atoms with E-state index in [1.54, 1.807) is 24.3 Å². The minimum atomic E-state index is -0.366. The molecule has 0 spiro atoms. The smallest absolute Gasteiger partial charge is 0.338 e. The molecule has 2 aromatic carbocycles. The van der Waals surface area contributed by atoms with E-state index in [0.717, 1.165) is 40.4 Å². The van der Waals surface area contributed by atoms with Crippen LogP contribution >= 0.6 is 11.3 Å². The number of carbonyl (C=O) groups is 1. The molecule has 4 rings (SSSR count). The molecule has 1 aliphatic rings. The highest BCUT2D eigenvalue weighted by molar-refractivity contribution is 7.18.